The Morgan fingerprint density at radius 2 is 1.56 bits per heavy atom. The highest BCUT2D eigenvalue weighted by Crippen LogP contribution is 2.11. The van der Waals surface area contributed by atoms with Gasteiger partial charge in [0.15, 0.2) is 0 Å². The Kier molecular flexibility index (Phi) is 11.1. The summed E-state index contributed by atoms with van der Waals surface area (Å²) in [5.41, 5.74) is 1.20. The summed E-state index contributed by atoms with van der Waals surface area (Å²) in [6.45, 7) is 4.57. The van der Waals surface area contributed by atoms with Crippen molar-refractivity contribution in [3.8, 4) is 5.75 Å². The molecule has 1 aromatic carbocycles. The number of aliphatic hydroxyl groups excluding tert-OH is 2. The summed E-state index contributed by atoms with van der Waals surface area (Å²) >= 11 is 0. The first-order valence-electron chi connectivity index (χ1n) is 8.84. The molecular weight excluding hydrogens is 312 g/mol. The molecule has 0 fully saturated rings. The van der Waals surface area contributed by atoms with Crippen LogP contribution in [-0.2, 0) is 0 Å². The Labute approximate surface area is 151 Å². The fraction of sp³-hybridized carbons (Fsp3) is 0.364. The standard InChI is InChI=1S/C22H30O3/c1-3-4-7-10-20(23)11-8-5-6-9-12-21(24)17-18-25-22-15-13-19(2)14-16-22/h4-9,11-16,20-21,23-24H,3,10,17-18H2,1-2H3/b6-5-,7-4-,11-8+,12-9+/t20-,21+/m0/s1. The van der Waals surface area contributed by atoms with E-state index in [4.69, 9.17) is 4.74 Å². The molecule has 3 nitrogen and oxygen atoms in total. The van der Waals surface area contributed by atoms with Gasteiger partial charge in [0.05, 0.1) is 18.8 Å². The summed E-state index contributed by atoms with van der Waals surface area (Å²) < 4.78 is 5.59. The van der Waals surface area contributed by atoms with Crippen LogP contribution in [0.1, 0.15) is 31.7 Å². The minimum Gasteiger partial charge on any atom is -0.493 e. The van der Waals surface area contributed by atoms with Gasteiger partial charge in [0.25, 0.3) is 0 Å². The van der Waals surface area contributed by atoms with Crippen LogP contribution in [0.2, 0.25) is 0 Å². The van der Waals surface area contributed by atoms with E-state index in [2.05, 4.69) is 6.92 Å². The normalized spacial score (nSPS) is 14.9. The summed E-state index contributed by atoms with van der Waals surface area (Å²) in [4.78, 5) is 0. The summed E-state index contributed by atoms with van der Waals surface area (Å²) in [6.07, 6.45) is 15.9. The van der Waals surface area contributed by atoms with Gasteiger partial charge in [0.2, 0.25) is 0 Å². The molecule has 2 N–H and O–H groups in total. The lowest BCUT2D eigenvalue weighted by Crippen LogP contribution is -2.08. The van der Waals surface area contributed by atoms with Crippen molar-refractivity contribution in [1.82, 2.24) is 0 Å². The first-order chi connectivity index (χ1) is 12.1. The number of hydrogen-bond acceptors (Lipinski definition) is 3. The maximum absolute atomic E-state index is 9.87. The number of hydrogen-bond donors (Lipinski definition) is 2. The second-order valence-electron chi connectivity index (χ2n) is 5.85. The van der Waals surface area contributed by atoms with Gasteiger partial charge in [-0.25, -0.2) is 0 Å². The molecular formula is C22H30O3. The van der Waals surface area contributed by atoms with E-state index in [0.717, 1.165) is 12.2 Å². The number of allylic oxidation sites excluding steroid dienone is 5. The molecule has 136 valence electrons. The van der Waals surface area contributed by atoms with Crippen LogP contribution < -0.4 is 4.74 Å². The molecule has 0 amide bonds. The zero-order valence-electron chi connectivity index (χ0n) is 15.2. The van der Waals surface area contributed by atoms with Crippen LogP contribution in [-0.4, -0.2) is 29.0 Å². The van der Waals surface area contributed by atoms with Gasteiger partial charge in [-0.1, -0.05) is 73.2 Å². The van der Waals surface area contributed by atoms with Gasteiger partial charge in [0, 0.05) is 6.42 Å². The fourth-order valence-electron chi connectivity index (χ4n) is 2.02. The zero-order chi connectivity index (χ0) is 18.3. The Hall–Kier alpha value is -2.10. The van der Waals surface area contributed by atoms with E-state index in [0.29, 0.717) is 19.4 Å². The average Bonchev–Trinajstić information content (AvgIpc) is 2.60. The maximum Gasteiger partial charge on any atom is 0.119 e. The van der Waals surface area contributed by atoms with Gasteiger partial charge in [0.1, 0.15) is 5.75 Å². The SMILES string of the molecule is CC/C=C\C[C@H](O)/C=C/C=C\C=C\[C@@H](O)CCOc1ccc(C)cc1. The van der Waals surface area contributed by atoms with Gasteiger partial charge in [-0.05, 0) is 31.9 Å². The van der Waals surface area contributed by atoms with Crippen molar-refractivity contribution >= 4 is 0 Å². The number of ether oxygens (including phenoxy) is 1. The number of aliphatic hydroxyl groups is 2. The van der Waals surface area contributed by atoms with Crippen molar-refractivity contribution in [3.05, 3.63) is 78.4 Å². The molecule has 1 aromatic rings. The van der Waals surface area contributed by atoms with Crippen LogP contribution in [0.5, 0.6) is 5.75 Å². The van der Waals surface area contributed by atoms with E-state index in [1.165, 1.54) is 5.56 Å². The van der Waals surface area contributed by atoms with E-state index < -0.39 is 12.2 Å². The van der Waals surface area contributed by atoms with Crippen molar-refractivity contribution in [1.29, 1.82) is 0 Å². The van der Waals surface area contributed by atoms with E-state index in [1.807, 2.05) is 61.6 Å². The number of aryl methyl sites for hydroxylation is 1. The fourth-order valence-corrected chi connectivity index (χ4v) is 2.02. The molecule has 0 spiro atoms. The Morgan fingerprint density at radius 3 is 2.20 bits per heavy atom. The topological polar surface area (TPSA) is 49.7 Å². The maximum atomic E-state index is 9.87. The molecule has 0 aliphatic rings. The molecule has 2 atom stereocenters. The summed E-state index contributed by atoms with van der Waals surface area (Å²) in [6, 6.07) is 7.86. The molecule has 0 radical (unpaired) electrons. The lowest BCUT2D eigenvalue weighted by atomic mass is 10.2. The first kappa shape index (κ1) is 20.9. The highest BCUT2D eigenvalue weighted by atomic mass is 16.5. The van der Waals surface area contributed by atoms with Crippen LogP contribution in [0.15, 0.2) is 72.9 Å². The number of benzene rings is 1. The van der Waals surface area contributed by atoms with Crippen molar-refractivity contribution in [2.75, 3.05) is 6.61 Å². The highest BCUT2D eigenvalue weighted by Gasteiger charge is 1.99. The predicted octanol–water partition coefficient (Wildman–Crippen LogP) is 4.51. The zero-order valence-corrected chi connectivity index (χ0v) is 15.2. The van der Waals surface area contributed by atoms with Gasteiger partial charge in [-0.3, -0.25) is 0 Å². The van der Waals surface area contributed by atoms with Crippen LogP contribution in [0.4, 0.5) is 0 Å². The van der Waals surface area contributed by atoms with Crippen LogP contribution in [0.3, 0.4) is 0 Å². The van der Waals surface area contributed by atoms with Crippen molar-refractivity contribution in [2.24, 2.45) is 0 Å². The molecule has 3 heteroatoms. The molecule has 0 aromatic heterocycles. The van der Waals surface area contributed by atoms with Crippen molar-refractivity contribution < 1.29 is 14.9 Å². The molecule has 0 bridgehead atoms. The van der Waals surface area contributed by atoms with E-state index in [1.54, 1.807) is 18.2 Å². The summed E-state index contributed by atoms with van der Waals surface area (Å²) in [5.74, 6) is 0.819. The largest absolute Gasteiger partial charge is 0.493 e. The number of rotatable bonds is 11. The average molecular weight is 342 g/mol. The van der Waals surface area contributed by atoms with Gasteiger partial charge in [-0.15, -0.1) is 0 Å². The Morgan fingerprint density at radius 1 is 0.920 bits per heavy atom. The Bertz CT molecular complexity index is 567. The summed E-state index contributed by atoms with van der Waals surface area (Å²) in [7, 11) is 0. The van der Waals surface area contributed by atoms with Crippen molar-refractivity contribution in [3.63, 3.8) is 0 Å². The molecule has 0 aliphatic carbocycles. The van der Waals surface area contributed by atoms with Crippen LogP contribution in [0, 0.1) is 6.92 Å². The van der Waals surface area contributed by atoms with Gasteiger partial charge < -0.3 is 14.9 Å². The third-order valence-electron chi connectivity index (χ3n) is 3.48. The lowest BCUT2D eigenvalue weighted by molar-refractivity contribution is 0.178. The monoisotopic (exact) mass is 342 g/mol. The molecule has 0 aliphatic heterocycles. The third kappa shape index (κ3) is 11.1. The van der Waals surface area contributed by atoms with E-state index >= 15 is 0 Å². The molecule has 0 saturated heterocycles. The molecule has 0 saturated carbocycles. The van der Waals surface area contributed by atoms with Gasteiger partial charge in [-0.2, -0.15) is 0 Å². The minimum absolute atomic E-state index is 0.457. The molecule has 25 heavy (non-hydrogen) atoms. The molecule has 0 heterocycles. The first-order valence-corrected chi connectivity index (χ1v) is 8.84. The highest BCUT2D eigenvalue weighted by molar-refractivity contribution is 5.26. The molecule has 0 unspecified atom stereocenters. The third-order valence-corrected chi connectivity index (χ3v) is 3.48. The smallest absolute Gasteiger partial charge is 0.119 e. The van der Waals surface area contributed by atoms with E-state index in [9.17, 15) is 10.2 Å². The summed E-state index contributed by atoms with van der Waals surface area (Å²) in [5, 5.41) is 19.6. The van der Waals surface area contributed by atoms with E-state index in [-0.39, 0.29) is 0 Å². The molecule has 1 rings (SSSR count). The second kappa shape index (κ2) is 13.2. The quantitative estimate of drug-likeness (QED) is 0.459. The second-order valence-corrected chi connectivity index (χ2v) is 5.85. The minimum atomic E-state index is -0.538. The lowest BCUT2D eigenvalue weighted by Gasteiger charge is -2.08. The Balaban J connectivity index is 2.19. The van der Waals surface area contributed by atoms with Crippen molar-refractivity contribution in [2.45, 2.75) is 45.3 Å². The van der Waals surface area contributed by atoms with Gasteiger partial charge >= 0.3 is 0 Å². The van der Waals surface area contributed by atoms with Crippen LogP contribution >= 0.6 is 0 Å². The predicted molar refractivity (Wildman–Crippen MR) is 105 cm³/mol. The van der Waals surface area contributed by atoms with Crippen LogP contribution in [0.25, 0.3) is 0 Å².